The van der Waals surface area contributed by atoms with Crippen LogP contribution in [0.4, 0.5) is 0 Å². The van der Waals surface area contributed by atoms with Crippen molar-refractivity contribution in [2.24, 2.45) is 52.3 Å². The lowest BCUT2D eigenvalue weighted by Crippen LogP contribution is -2.56. The molecule has 0 aromatic rings. The van der Waals surface area contributed by atoms with Crippen LogP contribution in [0.2, 0.25) is 0 Å². The quantitative estimate of drug-likeness (QED) is 0.249. The van der Waals surface area contributed by atoms with E-state index in [0.717, 1.165) is 25.7 Å². The number of aliphatic hydroxyl groups excluding tert-OH is 1. The Balaban J connectivity index is 1.51. The molecule has 0 spiro atoms. The number of fused-ring (bicyclic) bond motifs is 5. The molecule has 4 aliphatic carbocycles. The summed E-state index contributed by atoms with van der Waals surface area (Å²) in [5, 5.41) is 11.8. The summed E-state index contributed by atoms with van der Waals surface area (Å²) in [6.07, 6.45) is 10.9. The van der Waals surface area contributed by atoms with Crippen molar-refractivity contribution in [3.05, 3.63) is 23.8 Å². The van der Waals surface area contributed by atoms with Gasteiger partial charge in [0.2, 0.25) is 0 Å². The van der Waals surface area contributed by atoms with Crippen LogP contribution in [0.15, 0.2) is 23.8 Å². The van der Waals surface area contributed by atoms with E-state index in [-0.39, 0.29) is 41.1 Å². The normalized spacial score (nSPS) is 40.6. The van der Waals surface area contributed by atoms with Gasteiger partial charge in [-0.1, -0.05) is 58.4 Å². The van der Waals surface area contributed by atoms with Crippen LogP contribution >= 0.6 is 0 Å². The van der Waals surface area contributed by atoms with Crippen LogP contribution in [-0.2, 0) is 29.2 Å². The molecule has 224 valence electrons. The molecule has 3 saturated carbocycles. The molecule has 39 heavy (non-hydrogen) atoms. The van der Waals surface area contributed by atoms with Gasteiger partial charge in [0, 0.05) is 5.92 Å². The molecule has 1 unspecified atom stereocenters. The summed E-state index contributed by atoms with van der Waals surface area (Å²) in [6.45, 7) is 10.5. The van der Waals surface area contributed by atoms with E-state index < -0.39 is 33.0 Å². The molecule has 0 aliphatic heterocycles. The van der Waals surface area contributed by atoms with E-state index in [4.69, 9.17) is 13.3 Å². The van der Waals surface area contributed by atoms with Crippen LogP contribution < -0.4 is 0 Å². The molecular weight excluding hydrogens is 544 g/mol. The van der Waals surface area contributed by atoms with Gasteiger partial charge in [-0.25, -0.2) is 8.37 Å². The summed E-state index contributed by atoms with van der Waals surface area (Å²) in [6, 6.07) is 0. The predicted octanol–water partition coefficient (Wildman–Crippen LogP) is 5.01. The van der Waals surface area contributed by atoms with Gasteiger partial charge in [0.15, 0.2) is 0 Å². The number of allylic oxidation sites excluding steroid dienone is 2. The van der Waals surface area contributed by atoms with Crippen LogP contribution in [0.5, 0.6) is 0 Å². The lowest BCUT2D eigenvalue weighted by Gasteiger charge is -2.60. The standard InChI is InChI=1S/C28H46O9S2/c1-17(2)19(16-36-38(30,31)32)7-6-18(3)23-10-11-24-22-9-8-20-14-21(37-39(33,34)35)12-13-27(20,4)25(22)15-26(29)28(23,24)5/h6-8,17-19,21-26,29H,9-16H2,1-5H3,(H,30,31,32)(H,33,34,35)/b7-6+/t18-,19+,21+,22+,23?,24+,25+,26+,27+,28-/m1/s1. The Morgan fingerprint density at radius 2 is 1.72 bits per heavy atom. The van der Waals surface area contributed by atoms with Crippen molar-refractivity contribution in [2.75, 3.05) is 6.61 Å². The van der Waals surface area contributed by atoms with Gasteiger partial charge in [0.1, 0.15) is 0 Å². The van der Waals surface area contributed by atoms with E-state index in [0.29, 0.717) is 37.0 Å². The van der Waals surface area contributed by atoms with E-state index >= 15 is 0 Å². The van der Waals surface area contributed by atoms with Crippen LogP contribution in [0, 0.1) is 52.3 Å². The maximum Gasteiger partial charge on any atom is 0.397 e. The molecule has 4 rings (SSSR count). The SMILES string of the molecule is CC(C)[C@@H](/C=C/[C@@H](C)C1CC[C@H]2[C@@H]3CC=C4C[C@@H](OS(=O)(=O)O)CC[C@]4(C)[C@H]3C[C@H](O)[C@]12C)COS(=O)(=O)O. The second-order valence-corrected chi connectivity index (χ2v) is 15.5. The first kappa shape index (κ1) is 31.1. The van der Waals surface area contributed by atoms with Gasteiger partial charge in [0.05, 0.1) is 18.8 Å². The molecule has 0 heterocycles. The maximum absolute atomic E-state index is 11.8. The Bertz CT molecular complexity index is 1180. The summed E-state index contributed by atoms with van der Waals surface area (Å²) in [5.74, 6) is 1.55. The van der Waals surface area contributed by atoms with E-state index in [9.17, 15) is 21.9 Å². The Hall–Kier alpha value is -0.820. The smallest absolute Gasteiger partial charge is 0.393 e. The predicted molar refractivity (Wildman–Crippen MR) is 147 cm³/mol. The third kappa shape index (κ3) is 6.34. The average Bonchev–Trinajstić information content (AvgIpc) is 3.17. The van der Waals surface area contributed by atoms with Gasteiger partial charge < -0.3 is 5.11 Å². The highest BCUT2D eigenvalue weighted by Crippen LogP contribution is 2.67. The molecule has 11 heteroatoms. The maximum atomic E-state index is 11.8. The van der Waals surface area contributed by atoms with Crippen molar-refractivity contribution in [3.8, 4) is 0 Å². The van der Waals surface area contributed by atoms with Crippen molar-refractivity contribution in [1.82, 2.24) is 0 Å². The fraction of sp³-hybridized carbons (Fsp3) is 0.857. The van der Waals surface area contributed by atoms with Crippen molar-refractivity contribution < 1.29 is 39.4 Å². The molecule has 0 amide bonds. The zero-order valence-corrected chi connectivity index (χ0v) is 25.3. The van der Waals surface area contributed by atoms with Crippen molar-refractivity contribution in [2.45, 2.75) is 91.8 Å². The fourth-order valence-corrected chi connectivity index (χ4v) is 9.66. The van der Waals surface area contributed by atoms with E-state index in [1.165, 1.54) is 5.57 Å². The second-order valence-electron chi connectivity index (χ2n) is 13.3. The molecular formula is C28H46O9S2. The Kier molecular flexibility index (Phi) is 8.87. The van der Waals surface area contributed by atoms with E-state index in [1.807, 2.05) is 19.9 Å². The fourth-order valence-electron chi connectivity index (χ4n) is 8.83. The number of aliphatic hydroxyl groups is 1. The van der Waals surface area contributed by atoms with Gasteiger partial charge in [-0.05, 0) is 91.3 Å². The largest absolute Gasteiger partial charge is 0.397 e. The Morgan fingerprint density at radius 3 is 2.33 bits per heavy atom. The summed E-state index contributed by atoms with van der Waals surface area (Å²) in [7, 11) is -8.98. The number of hydrogen-bond donors (Lipinski definition) is 3. The molecule has 4 aliphatic rings. The number of hydrogen-bond acceptors (Lipinski definition) is 7. The molecule has 9 nitrogen and oxygen atoms in total. The topological polar surface area (TPSA) is 147 Å². The lowest BCUT2D eigenvalue weighted by atomic mass is 9.46. The zero-order valence-electron chi connectivity index (χ0n) is 23.7. The summed E-state index contributed by atoms with van der Waals surface area (Å²) < 4.78 is 72.4. The van der Waals surface area contributed by atoms with Gasteiger partial charge in [-0.15, -0.1) is 0 Å². The molecule has 0 saturated heterocycles. The third-order valence-electron chi connectivity index (χ3n) is 11.1. The summed E-state index contributed by atoms with van der Waals surface area (Å²) >= 11 is 0. The van der Waals surface area contributed by atoms with Crippen molar-refractivity contribution in [3.63, 3.8) is 0 Å². The second kappa shape index (κ2) is 11.1. The number of rotatable bonds is 9. The minimum Gasteiger partial charge on any atom is -0.393 e. The van der Waals surface area contributed by atoms with E-state index in [2.05, 4.69) is 37.1 Å². The van der Waals surface area contributed by atoms with Crippen molar-refractivity contribution in [1.29, 1.82) is 0 Å². The first-order valence-corrected chi connectivity index (χ1v) is 17.0. The lowest BCUT2D eigenvalue weighted by molar-refractivity contribution is -0.133. The molecule has 0 aromatic carbocycles. The van der Waals surface area contributed by atoms with Gasteiger partial charge >= 0.3 is 20.8 Å². The van der Waals surface area contributed by atoms with Gasteiger partial charge in [-0.3, -0.25) is 9.11 Å². The van der Waals surface area contributed by atoms with Crippen LogP contribution in [0.3, 0.4) is 0 Å². The Morgan fingerprint density at radius 1 is 1.03 bits per heavy atom. The molecule has 3 fully saturated rings. The molecule has 10 atom stereocenters. The Labute approximate surface area is 234 Å². The summed E-state index contributed by atoms with van der Waals surface area (Å²) in [4.78, 5) is 0. The van der Waals surface area contributed by atoms with E-state index in [1.54, 1.807) is 0 Å². The molecule has 0 radical (unpaired) electrons. The highest BCUT2D eigenvalue weighted by atomic mass is 32.3. The monoisotopic (exact) mass is 590 g/mol. The summed E-state index contributed by atoms with van der Waals surface area (Å²) in [5.41, 5.74) is 0.832. The first-order chi connectivity index (χ1) is 18.0. The molecule has 0 aromatic heterocycles. The van der Waals surface area contributed by atoms with Crippen LogP contribution in [-0.4, -0.2) is 49.9 Å². The zero-order chi connectivity index (χ0) is 29.0. The van der Waals surface area contributed by atoms with Gasteiger partial charge in [-0.2, -0.15) is 16.8 Å². The minimum atomic E-state index is -4.49. The van der Waals surface area contributed by atoms with Crippen LogP contribution in [0.25, 0.3) is 0 Å². The minimum absolute atomic E-state index is 0.111. The molecule has 3 N–H and O–H groups in total. The van der Waals surface area contributed by atoms with Crippen LogP contribution in [0.1, 0.15) is 79.6 Å². The highest BCUT2D eigenvalue weighted by Gasteiger charge is 2.62. The van der Waals surface area contributed by atoms with Crippen molar-refractivity contribution >= 4 is 20.8 Å². The third-order valence-corrected chi connectivity index (χ3v) is 12.0. The first-order valence-electron chi connectivity index (χ1n) is 14.3. The highest BCUT2D eigenvalue weighted by molar-refractivity contribution is 7.81. The molecule has 0 bridgehead atoms. The average molecular weight is 591 g/mol. The van der Waals surface area contributed by atoms with Gasteiger partial charge in [0.25, 0.3) is 0 Å².